The summed E-state index contributed by atoms with van der Waals surface area (Å²) in [6.45, 7) is 6.48. The minimum atomic E-state index is -1.58. The third-order valence-electron chi connectivity index (χ3n) is 3.16. The standard InChI is InChI=1S/C16H18F4O2/c1-4-6-7-8-10(5-2)11-12(17)14(19)16(22-9-21-3)15(20)13(11)18/h4-5,10H,1-2,6-9H2,3H3. The van der Waals surface area contributed by atoms with E-state index in [0.29, 0.717) is 19.3 Å². The third-order valence-corrected chi connectivity index (χ3v) is 3.16. The number of hydrogen-bond donors (Lipinski definition) is 0. The van der Waals surface area contributed by atoms with Crippen LogP contribution in [-0.2, 0) is 4.74 Å². The third kappa shape index (κ3) is 3.88. The Morgan fingerprint density at radius 3 is 2.09 bits per heavy atom. The molecule has 0 spiro atoms. The Morgan fingerprint density at radius 1 is 1.05 bits per heavy atom. The van der Waals surface area contributed by atoms with Crippen LogP contribution < -0.4 is 4.74 Å². The van der Waals surface area contributed by atoms with Crippen LogP contribution in [0.15, 0.2) is 25.3 Å². The molecule has 0 heterocycles. The van der Waals surface area contributed by atoms with Gasteiger partial charge in [0.2, 0.25) is 11.6 Å². The zero-order valence-corrected chi connectivity index (χ0v) is 12.3. The highest BCUT2D eigenvalue weighted by atomic mass is 19.2. The average Bonchev–Trinajstić information content (AvgIpc) is 2.51. The van der Waals surface area contributed by atoms with Crippen LogP contribution in [0.25, 0.3) is 0 Å². The normalized spacial score (nSPS) is 12.0. The van der Waals surface area contributed by atoms with Gasteiger partial charge in [-0.25, -0.2) is 8.78 Å². The number of benzene rings is 1. The topological polar surface area (TPSA) is 18.5 Å². The SMILES string of the molecule is C=CCCCC(C=C)c1c(F)c(F)c(OCOC)c(F)c1F. The fourth-order valence-corrected chi connectivity index (χ4v) is 2.06. The number of methoxy groups -OCH3 is 1. The van der Waals surface area contributed by atoms with E-state index in [1.807, 2.05) is 0 Å². The van der Waals surface area contributed by atoms with Gasteiger partial charge in [-0.15, -0.1) is 13.2 Å². The molecule has 0 aliphatic carbocycles. The summed E-state index contributed by atoms with van der Waals surface area (Å²) in [4.78, 5) is 0. The summed E-state index contributed by atoms with van der Waals surface area (Å²) in [5.41, 5.74) is -0.682. The summed E-state index contributed by atoms with van der Waals surface area (Å²) in [7, 11) is 1.21. The van der Waals surface area contributed by atoms with E-state index in [-0.39, 0.29) is 0 Å². The van der Waals surface area contributed by atoms with Crippen LogP contribution in [-0.4, -0.2) is 13.9 Å². The van der Waals surface area contributed by atoms with Crippen molar-refractivity contribution in [1.82, 2.24) is 0 Å². The van der Waals surface area contributed by atoms with Crippen LogP contribution in [0.3, 0.4) is 0 Å². The Labute approximate surface area is 127 Å². The van der Waals surface area contributed by atoms with E-state index >= 15 is 0 Å². The summed E-state index contributed by atoms with van der Waals surface area (Å²) >= 11 is 0. The monoisotopic (exact) mass is 318 g/mol. The van der Waals surface area contributed by atoms with Crippen molar-refractivity contribution in [3.8, 4) is 5.75 Å². The first-order valence-electron chi connectivity index (χ1n) is 6.70. The zero-order valence-electron chi connectivity index (χ0n) is 12.3. The fraction of sp³-hybridized carbons (Fsp3) is 0.375. The first-order valence-corrected chi connectivity index (χ1v) is 6.70. The summed E-state index contributed by atoms with van der Waals surface area (Å²) in [6.07, 6.45) is 4.38. The van der Waals surface area contributed by atoms with Gasteiger partial charge in [-0.3, -0.25) is 0 Å². The van der Waals surface area contributed by atoms with Gasteiger partial charge < -0.3 is 9.47 Å². The van der Waals surface area contributed by atoms with Gasteiger partial charge in [0, 0.05) is 18.6 Å². The molecule has 2 nitrogen and oxygen atoms in total. The van der Waals surface area contributed by atoms with E-state index in [1.165, 1.54) is 13.2 Å². The lowest BCUT2D eigenvalue weighted by molar-refractivity contribution is 0.0439. The molecule has 1 rings (SSSR count). The van der Waals surface area contributed by atoms with Crippen LogP contribution in [0.4, 0.5) is 17.6 Å². The highest BCUT2D eigenvalue weighted by molar-refractivity contribution is 5.37. The summed E-state index contributed by atoms with van der Waals surface area (Å²) in [6, 6.07) is 0. The summed E-state index contributed by atoms with van der Waals surface area (Å²) < 4.78 is 65.0. The molecule has 0 saturated carbocycles. The predicted molar refractivity (Wildman–Crippen MR) is 75.8 cm³/mol. The van der Waals surface area contributed by atoms with Crippen LogP contribution in [0.2, 0.25) is 0 Å². The molecule has 0 fully saturated rings. The second-order valence-electron chi connectivity index (χ2n) is 4.61. The number of unbranched alkanes of at least 4 members (excludes halogenated alkanes) is 1. The van der Waals surface area contributed by atoms with Gasteiger partial charge in [-0.1, -0.05) is 12.2 Å². The molecule has 6 heteroatoms. The minimum Gasteiger partial charge on any atom is -0.461 e. The van der Waals surface area contributed by atoms with Crippen molar-refractivity contribution in [1.29, 1.82) is 0 Å². The summed E-state index contributed by atoms with van der Waals surface area (Å²) in [5, 5.41) is 0. The van der Waals surface area contributed by atoms with Crippen molar-refractivity contribution in [2.45, 2.75) is 25.2 Å². The van der Waals surface area contributed by atoms with Crippen molar-refractivity contribution in [2.75, 3.05) is 13.9 Å². The van der Waals surface area contributed by atoms with E-state index in [1.54, 1.807) is 6.08 Å². The molecule has 0 aliphatic rings. The highest BCUT2D eigenvalue weighted by Crippen LogP contribution is 2.36. The summed E-state index contributed by atoms with van der Waals surface area (Å²) in [5.74, 6) is -8.10. The smallest absolute Gasteiger partial charge is 0.204 e. The molecule has 0 bridgehead atoms. The van der Waals surface area contributed by atoms with Crippen LogP contribution >= 0.6 is 0 Å². The molecule has 122 valence electrons. The number of ether oxygens (including phenoxy) is 2. The molecule has 0 aliphatic heterocycles. The van der Waals surface area contributed by atoms with Crippen molar-refractivity contribution >= 4 is 0 Å². The molecule has 1 atom stereocenters. The Kier molecular flexibility index (Phi) is 7.11. The second kappa shape index (κ2) is 8.58. The quantitative estimate of drug-likeness (QED) is 0.213. The van der Waals surface area contributed by atoms with Crippen LogP contribution in [0.1, 0.15) is 30.7 Å². The molecular formula is C16H18F4O2. The van der Waals surface area contributed by atoms with Gasteiger partial charge in [0.15, 0.2) is 24.2 Å². The number of halogens is 4. The second-order valence-corrected chi connectivity index (χ2v) is 4.61. The largest absolute Gasteiger partial charge is 0.461 e. The first kappa shape index (κ1) is 18.2. The molecule has 0 N–H and O–H groups in total. The van der Waals surface area contributed by atoms with Gasteiger partial charge in [0.05, 0.1) is 0 Å². The van der Waals surface area contributed by atoms with Gasteiger partial charge in [0.25, 0.3) is 0 Å². The maximum atomic E-state index is 14.1. The van der Waals surface area contributed by atoms with E-state index in [9.17, 15) is 17.6 Å². The zero-order chi connectivity index (χ0) is 16.7. The lowest BCUT2D eigenvalue weighted by Gasteiger charge is -2.17. The Balaban J connectivity index is 3.24. The molecular weight excluding hydrogens is 300 g/mol. The number of rotatable bonds is 9. The maximum absolute atomic E-state index is 14.1. The molecule has 0 aromatic heterocycles. The molecule has 22 heavy (non-hydrogen) atoms. The van der Waals surface area contributed by atoms with Crippen LogP contribution in [0.5, 0.6) is 5.75 Å². The minimum absolute atomic E-state index is 0.292. The molecule has 1 unspecified atom stereocenters. The van der Waals surface area contributed by atoms with Gasteiger partial charge in [-0.2, -0.15) is 8.78 Å². The van der Waals surface area contributed by atoms with Crippen LogP contribution in [0, 0.1) is 23.3 Å². The van der Waals surface area contributed by atoms with Gasteiger partial charge >= 0.3 is 0 Å². The van der Waals surface area contributed by atoms with Gasteiger partial charge in [-0.05, 0) is 19.3 Å². The molecule has 0 amide bonds. The first-order chi connectivity index (χ1) is 10.5. The average molecular weight is 318 g/mol. The Hall–Kier alpha value is -1.82. The Bertz CT molecular complexity index is 514. The van der Waals surface area contributed by atoms with E-state index in [2.05, 4.69) is 22.6 Å². The molecule has 1 aromatic rings. The highest BCUT2D eigenvalue weighted by Gasteiger charge is 2.29. The van der Waals surface area contributed by atoms with E-state index in [0.717, 1.165) is 0 Å². The number of allylic oxidation sites excluding steroid dienone is 2. The lowest BCUT2D eigenvalue weighted by Crippen LogP contribution is -2.12. The fourth-order valence-electron chi connectivity index (χ4n) is 2.06. The maximum Gasteiger partial charge on any atom is 0.204 e. The van der Waals surface area contributed by atoms with Crippen molar-refractivity contribution in [3.05, 3.63) is 54.1 Å². The van der Waals surface area contributed by atoms with Crippen molar-refractivity contribution < 1.29 is 27.0 Å². The molecule has 1 aromatic carbocycles. The number of hydrogen-bond acceptors (Lipinski definition) is 2. The Morgan fingerprint density at radius 2 is 1.64 bits per heavy atom. The van der Waals surface area contributed by atoms with Gasteiger partial charge in [0.1, 0.15) is 0 Å². The predicted octanol–water partition coefficient (Wildman–Crippen LogP) is 4.85. The molecule has 0 radical (unpaired) electrons. The van der Waals surface area contributed by atoms with Crippen molar-refractivity contribution in [3.63, 3.8) is 0 Å². The molecule has 0 saturated heterocycles. The van der Waals surface area contributed by atoms with E-state index < -0.39 is 47.3 Å². The lowest BCUT2D eigenvalue weighted by atomic mass is 9.92. The van der Waals surface area contributed by atoms with Crippen molar-refractivity contribution in [2.24, 2.45) is 0 Å². The van der Waals surface area contributed by atoms with E-state index in [4.69, 9.17) is 0 Å².